The summed E-state index contributed by atoms with van der Waals surface area (Å²) in [6.45, 7) is -0.607. The van der Waals surface area contributed by atoms with Gasteiger partial charge in [0.15, 0.2) is 6.61 Å². The Morgan fingerprint density at radius 1 is 1.21 bits per heavy atom. The van der Waals surface area contributed by atoms with Crippen LogP contribution in [0.2, 0.25) is 10.0 Å². The normalized spacial score (nSPS) is 9.92. The van der Waals surface area contributed by atoms with Crippen LogP contribution in [0.4, 0.5) is 10.1 Å². The number of halogens is 3. The van der Waals surface area contributed by atoms with Gasteiger partial charge in [0.25, 0.3) is 5.91 Å². The van der Waals surface area contributed by atoms with E-state index in [1.165, 1.54) is 18.2 Å². The number of carbonyl (C=O) groups is 2. The summed E-state index contributed by atoms with van der Waals surface area (Å²) in [6.07, 6.45) is 0. The smallest absolute Gasteiger partial charge is 0.340 e. The fourth-order valence-electron chi connectivity index (χ4n) is 1.77. The van der Waals surface area contributed by atoms with Crippen LogP contribution < -0.4 is 5.32 Å². The summed E-state index contributed by atoms with van der Waals surface area (Å²) in [5, 5.41) is 11.6. The minimum atomic E-state index is -0.873. The van der Waals surface area contributed by atoms with Crippen molar-refractivity contribution in [1.29, 1.82) is 5.26 Å². The molecule has 0 bridgehead atoms. The van der Waals surface area contributed by atoms with Gasteiger partial charge in [0, 0.05) is 5.02 Å². The highest BCUT2D eigenvalue weighted by Gasteiger charge is 2.15. The molecule has 122 valence electrons. The van der Waals surface area contributed by atoms with Crippen LogP contribution in [0.3, 0.4) is 0 Å². The molecule has 0 aliphatic carbocycles. The number of hydrogen-bond donors (Lipinski definition) is 1. The van der Waals surface area contributed by atoms with Crippen LogP contribution in [-0.2, 0) is 9.53 Å². The number of benzene rings is 2. The minimum Gasteiger partial charge on any atom is -0.452 e. The molecule has 24 heavy (non-hydrogen) atoms. The molecule has 0 radical (unpaired) electrons. The Balaban J connectivity index is 2.00. The van der Waals surface area contributed by atoms with Crippen LogP contribution in [0, 0.1) is 17.1 Å². The molecule has 0 unspecified atom stereocenters. The number of nitrogens with zero attached hydrogens (tertiary/aromatic N) is 1. The summed E-state index contributed by atoms with van der Waals surface area (Å²) in [7, 11) is 0. The number of esters is 1. The number of nitriles is 1. The molecule has 2 aromatic carbocycles. The standard InChI is InChI=1S/C16H9Cl2FN2O3/c17-10-2-1-9(7-20)14(5-10)21-15(22)8-24-16(23)12-4-3-11(19)6-13(12)18/h1-6H,8H2,(H,21,22). The van der Waals surface area contributed by atoms with Gasteiger partial charge >= 0.3 is 5.97 Å². The second-order valence-electron chi connectivity index (χ2n) is 4.55. The molecule has 0 aliphatic heterocycles. The fourth-order valence-corrected chi connectivity index (χ4v) is 2.18. The maximum absolute atomic E-state index is 12.9. The van der Waals surface area contributed by atoms with E-state index in [-0.39, 0.29) is 21.8 Å². The van der Waals surface area contributed by atoms with Crippen molar-refractivity contribution in [3.8, 4) is 6.07 Å². The van der Waals surface area contributed by atoms with Crippen LogP contribution in [-0.4, -0.2) is 18.5 Å². The second-order valence-corrected chi connectivity index (χ2v) is 5.39. The van der Waals surface area contributed by atoms with E-state index in [0.29, 0.717) is 5.02 Å². The van der Waals surface area contributed by atoms with E-state index in [1.54, 1.807) is 0 Å². The lowest BCUT2D eigenvalue weighted by molar-refractivity contribution is -0.119. The van der Waals surface area contributed by atoms with Gasteiger partial charge in [-0.05, 0) is 36.4 Å². The first-order valence-electron chi connectivity index (χ1n) is 6.52. The quantitative estimate of drug-likeness (QED) is 0.834. The SMILES string of the molecule is N#Cc1ccc(Cl)cc1NC(=O)COC(=O)c1ccc(F)cc1Cl. The number of ether oxygens (including phenoxy) is 1. The highest BCUT2D eigenvalue weighted by Crippen LogP contribution is 2.21. The van der Waals surface area contributed by atoms with E-state index >= 15 is 0 Å². The van der Waals surface area contributed by atoms with Crippen molar-refractivity contribution in [1.82, 2.24) is 0 Å². The van der Waals surface area contributed by atoms with E-state index in [9.17, 15) is 14.0 Å². The van der Waals surface area contributed by atoms with Crippen LogP contribution in [0.1, 0.15) is 15.9 Å². The summed E-state index contributed by atoms with van der Waals surface area (Å²) >= 11 is 11.5. The second kappa shape index (κ2) is 7.77. The zero-order chi connectivity index (χ0) is 17.7. The predicted octanol–water partition coefficient (Wildman–Crippen LogP) is 3.80. The lowest BCUT2D eigenvalue weighted by Crippen LogP contribution is -2.21. The third kappa shape index (κ3) is 4.44. The molecule has 0 saturated heterocycles. The van der Waals surface area contributed by atoms with E-state index in [2.05, 4.69) is 5.32 Å². The van der Waals surface area contributed by atoms with Crippen molar-refractivity contribution in [2.45, 2.75) is 0 Å². The Labute approximate surface area is 146 Å². The van der Waals surface area contributed by atoms with Crippen molar-refractivity contribution in [2.75, 3.05) is 11.9 Å². The van der Waals surface area contributed by atoms with Gasteiger partial charge in [-0.1, -0.05) is 23.2 Å². The summed E-state index contributed by atoms with van der Waals surface area (Å²) in [6, 6.07) is 9.42. The molecular weight excluding hydrogens is 358 g/mol. The number of amides is 1. The maximum Gasteiger partial charge on any atom is 0.340 e. The zero-order valence-corrected chi connectivity index (χ0v) is 13.5. The molecule has 0 atom stereocenters. The Morgan fingerprint density at radius 3 is 2.62 bits per heavy atom. The molecule has 8 heteroatoms. The van der Waals surface area contributed by atoms with E-state index in [0.717, 1.165) is 18.2 Å². The predicted molar refractivity (Wildman–Crippen MR) is 86.5 cm³/mol. The van der Waals surface area contributed by atoms with Gasteiger partial charge < -0.3 is 10.1 Å². The van der Waals surface area contributed by atoms with Crippen molar-refractivity contribution < 1.29 is 18.7 Å². The van der Waals surface area contributed by atoms with Crippen molar-refractivity contribution in [3.05, 3.63) is 63.4 Å². The fraction of sp³-hybridized carbons (Fsp3) is 0.0625. The first kappa shape index (κ1) is 17.7. The number of nitrogens with one attached hydrogen (secondary N) is 1. The highest BCUT2D eigenvalue weighted by atomic mass is 35.5. The molecule has 2 aromatic rings. The molecule has 1 amide bonds. The Bertz CT molecular complexity index is 850. The first-order valence-corrected chi connectivity index (χ1v) is 7.28. The van der Waals surface area contributed by atoms with Gasteiger partial charge in [-0.15, -0.1) is 0 Å². The van der Waals surface area contributed by atoms with E-state index in [4.69, 9.17) is 33.2 Å². The number of anilines is 1. The van der Waals surface area contributed by atoms with Gasteiger partial charge in [-0.2, -0.15) is 5.26 Å². The molecule has 0 aromatic heterocycles. The summed E-state index contributed by atoms with van der Waals surface area (Å²) in [5.74, 6) is -2.14. The van der Waals surface area contributed by atoms with Gasteiger partial charge in [-0.3, -0.25) is 4.79 Å². The Morgan fingerprint density at radius 2 is 1.96 bits per heavy atom. The monoisotopic (exact) mass is 366 g/mol. The summed E-state index contributed by atoms with van der Waals surface area (Å²) in [4.78, 5) is 23.7. The van der Waals surface area contributed by atoms with Crippen molar-refractivity contribution >= 4 is 40.8 Å². The molecule has 0 aliphatic rings. The number of rotatable bonds is 4. The van der Waals surface area contributed by atoms with Crippen molar-refractivity contribution in [2.24, 2.45) is 0 Å². The number of hydrogen-bond acceptors (Lipinski definition) is 4. The zero-order valence-electron chi connectivity index (χ0n) is 12.0. The van der Waals surface area contributed by atoms with E-state index < -0.39 is 24.3 Å². The molecule has 0 fully saturated rings. The van der Waals surface area contributed by atoms with Crippen LogP contribution in [0.5, 0.6) is 0 Å². The maximum atomic E-state index is 12.9. The molecule has 5 nitrogen and oxygen atoms in total. The molecule has 1 N–H and O–H groups in total. The Kier molecular flexibility index (Phi) is 5.74. The molecule has 0 spiro atoms. The van der Waals surface area contributed by atoms with Crippen molar-refractivity contribution in [3.63, 3.8) is 0 Å². The average Bonchev–Trinajstić information content (AvgIpc) is 2.53. The summed E-state index contributed by atoms with van der Waals surface area (Å²) in [5.41, 5.74) is 0.345. The topological polar surface area (TPSA) is 79.2 Å². The molecular formula is C16H9Cl2FN2O3. The van der Waals surface area contributed by atoms with Gasteiger partial charge in [-0.25, -0.2) is 9.18 Å². The lowest BCUT2D eigenvalue weighted by Gasteiger charge is -2.09. The average molecular weight is 367 g/mol. The molecule has 2 rings (SSSR count). The lowest BCUT2D eigenvalue weighted by atomic mass is 10.2. The first-order chi connectivity index (χ1) is 11.4. The number of carbonyl (C=O) groups excluding carboxylic acids is 2. The minimum absolute atomic E-state index is 0.0636. The van der Waals surface area contributed by atoms with Gasteiger partial charge in [0.2, 0.25) is 0 Å². The van der Waals surface area contributed by atoms with Crippen LogP contribution >= 0.6 is 23.2 Å². The van der Waals surface area contributed by atoms with Gasteiger partial charge in [0.05, 0.1) is 21.8 Å². The highest BCUT2D eigenvalue weighted by molar-refractivity contribution is 6.33. The Hall–Kier alpha value is -2.62. The third-order valence-electron chi connectivity index (χ3n) is 2.86. The van der Waals surface area contributed by atoms with E-state index in [1.807, 2.05) is 6.07 Å². The summed E-state index contributed by atoms with van der Waals surface area (Å²) < 4.78 is 17.7. The van der Waals surface area contributed by atoms with Crippen LogP contribution in [0.25, 0.3) is 0 Å². The molecule has 0 saturated carbocycles. The van der Waals surface area contributed by atoms with Gasteiger partial charge in [0.1, 0.15) is 11.9 Å². The third-order valence-corrected chi connectivity index (χ3v) is 3.41. The van der Waals surface area contributed by atoms with Crippen LogP contribution in [0.15, 0.2) is 36.4 Å². The molecule has 0 heterocycles. The largest absolute Gasteiger partial charge is 0.452 e.